The lowest BCUT2D eigenvalue weighted by Gasteiger charge is -2.19. The van der Waals surface area contributed by atoms with Crippen LogP contribution < -0.4 is 10.6 Å². The summed E-state index contributed by atoms with van der Waals surface area (Å²) < 4.78 is 14.4. The fourth-order valence-electron chi connectivity index (χ4n) is 2.01. The first kappa shape index (κ1) is 21.1. The van der Waals surface area contributed by atoms with Crippen molar-refractivity contribution in [2.75, 3.05) is 6.54 Å². The Morgan fingerprint density at radius 2 is 1.83 bits per heavy atom. The summed E-state index contributed by atoms with van der Waals surface area (Å²) in [6.07, 6.45) is 0.364. The van der Waals surface area contributed by atoms with E-state index in [4.69, 9.17) is 0 Å². The maximum absolute atomic E-state index is 14.0. The number of nitrogens with one attached hydrogen (secondary N) is 2. The number of amides is 2. The molecule has 0 saturated heterocycles. The molecule has 0 aromatic heterocycles. The highest BCUT2D eigenvalue weighted by Crippen LogP contribution is 2.26. The van der Waals surface area contributed by atoms with Crippen LogP contribution in [0.15, 0.2) is 21.1 Å². The zero-order valence-electron chi connectivity index (χ0n) is 13.1. The van der Waals surface area contributed by atoms with Crippen LogP contribution >= 0.6 is 31.9 Å². The van der Waals surface area contributed by atoms with E-state index in [2.05, 4.69) is 42.5 Å². The molecule has 0 aliphatic heterocycles. The van der Waals surface area contributed by atoms with Gasteiger partial charge in [0.2, 0.25) is 5.91 Å². The highest BCUT2D eigenvalue weighted by molar-refractivity contribution is 9.11. The van der Waals surface area contributed by atoms with Gasteiger partial charge in [0.15, 0.2) is 5.82 Å². The van der Waals surface area contributed by atoms with Crippen molar-refractivity contribution in [2.45, 2.75) is 26.2 Å². The molecule has 0 bridgehead atoms. The van der Waals surface area contributed by atoms with Crippen molar-refractivity contribution in [1.29, 1.82) is 0 Å². The molecule has 0 aliphatic rings. The summed E-state index contributed by atoms with van der Waals surface area (Å²) in [6, 6.07) is 2.95. The molecule has 0 saturated carbocycles. The van der Waals surface area contributed by atoms with Crippen molar-refractivity contribution < 1.29 is 24.0 Å². The first-order chi connectivity index (χ1) is 11.1. The van der Waals surface area contributed by atoms with E-state index in [-0.39, 0.29) is 20.4 Å². The molecular weight excluding hydrogens is 450 g/mol. The molecule has 0 unspecified atom stereocenters. The normalized spacial score (nSPS) is 12.0. The van der Waals surface area contributed by atoms with Crippen molar-refractivity contribution in [3.63, 3.8) is 0 Å². The molecule has 1 rings (SSSR count). The molecule has 6 nitrogen and oxygen atoms in total. The molecule has 0 heterocycles. The number of carbonyl (C=O) groups is 2. The largest absolute Gasteiger partial charge is 0.475 e. The van der Waals surface area contributed by atoms with Crippen LogP contribution in [0.3, 0.4) is 0 Å². The number of hydrogen-bond donors (Lipinski definition) is 4. The number of hydrogen-bond acceptors (Lipinski definition) is 4. The molecule has 0 aliphatic carbocycles. The molecule has 24 heavy (non-hydrogen) atoms. The average Bonchev–Trinajstić information content (AvgIpc) is 2.48. The summed E-state index contributed by atoms with van der Waals surface area (Å²) in [4.78, 5) is 23.9. The zero-order chi connectivity index (χ0) is 18.4. The lowest BCUT2D eigenvalue weighted by molar-refractivity contribution is -0.120. The van der Waals surface area contributed by atoms with Gasteiger partial charge in [-0.1, -0.05) is 13.8 Å². The minimum atomic E-state index is -1.70. The summed E-state index contributed by atoms with van der Waals surface area (Å²) in [5.74, 6) is -2.82. The highest BCUT2D eigenvalue weighted by atomic mass is 79.9. The quantitative estimate of drug-likeness (QED) is 0.362. The third kappa shape index (κ3) is 6.16. The van der Waals surface area contributed by atoms with Gasteiger partial charge in [0.05, 0.1) is 22.5 Å². The van der Waals surface area contributed by atoms with Gasteiger partial charge in [-0.2, -0.15) is 0 Å². The molecule has 1 atom stereocenters. The molecule has 10 heteroatoms. The van der Waals surface area contributed by atoms with Gasteiger partial charge in [-0.05, 0) is 56.3 Å². The summed E-state index contributed by atoms with van der Waals surface area (Å²) in [7, 11) is -1.70. The molecule has 1 aromatic rings. The lowest BCUT2D eigenvalue weighted by atomic mass is 9.75. The van der Waals surface area contributed by atoms with Crippen LogP contribution in [0, 0.1) is 11.7 Å². The molecule has 2 amide bonds. The first-order valence-electron chi connectivity index (χ1n) is 7.20. The zero-order valence-corrected chi connectivity index (χ0v) is 16.3. The Morgan fingerprint density at radius 3 is 2.38 bits per heavy atom. The fourth-order valence-corrected chi connectivity index (χ4v) is 2.82. The summed E-state index contributed by atoms with van der Waals surface area (Å²) in [5, 5.41) is 23.2. The van der Waals surface area contributed by atoms with Crippen molar-refractivity contribution in [1.82, 2.24) is 10.6 Å². The number of benzene rings is 1. The van der Waals surface area contributed by atoms with Crippen LogP contribution in [-0.2, 0) is 4.79 Å². The van der Waals surface area contributed by atoms with Crippen LogP contribution in [0.4, 0.5) is 4.39 Å². The van der Waals surface area contributed by atoms with E-state index in [1.54, 1.807) is 0 Å². The second-order valence-electron chi connectivity index (χ2n) is 5.62. The van der Waals surface area contributed by atoms with Crippen molar-refractivity contribution in [3.8, 4) is 0 Å². The summed E-state index contributed by atoms with van der Waals surface area (Å²) >= 11 is 6.08. The van der Waals surface area contributed by atoms with E-state index in [0.717, 1.165) is 0 Å². The number of rotatable bonds is 7. The standard InChI is InChI=1S/C14H18BBr2FN2O4/c1-7(2)5-10(15(23)24)20-11(21)6-19-14(22)12-8(16)3-4-9(17)13(12)18/h3-4,7,10,23-24H,5-6H2,1-2H3,(H,19,22)(H,20,21)/t10-/m0/s1. The second-order valence-corrected chi connectivity index (χ2v) is 7.33. The molecule has 132 valence electrons. The van der Waals surface area contributed by atoms with Crippen LogP contribution in [0.2, 0.25) is 0 Å². The minimum Gasteiger partial charge on any atom is -0.426 e. The maximum atomic E-state index is 14.0. The second kappa shape index (κ2) is 9.50. The van der Waals surface area contributed by atoms with Crippen molar-refractivity contribution >= 4 is 50.8 Å². The van der Waals surface area contributed by atoms with Crippen molar-refractivity contribution in [2.24, 2.45) is 5.92 Å². The topological polar surface area (TPSA) is 98.7 Å². The van der Waals surface area contributed by atoms with Gasteiger partial charge < -0.3 is 20.7 Å². The van der Waals surface area contributed by atoms with E-state index in [1.165, 1.54) is 12.1 Å². The number of halogens is 3. The smallest absolute Gasteiger partial charge is 0.426 e. The minimum absolute atomic E-state index is 0.126. The Bertz CT molecular complexity index is 617. The van der Waals surface area contributed by atoms with Gasteiger partial charge in [-0.15, -0.1) is 0 Å². The summed E-state index contributed by atoms with van der Waals surface area (Å²) in [5.41, 5.74) is -0.224. The van der Waals surface area contributed by atoms with Gasteiger partial charge in [0.25, 0.3) is 5.91 Å². The van der Waals surface area contributed by atoms with Gasteiger partial charge >= 0.3 is 7.12 Å². The molecule has 4 N–H and O–H groups in total. The Balaban J connectivity index is 2.67. The van der Waals surface area contributed by atoms with Gasteiger partial charge in [0, 0.05) is 4.47 Å². The van der Waals surface area contributed by atoms with E-state index in [1.807, 2.05) is 13.8 Å². The number of carbonyl (C=O) groups excluding carboxylic acids is 2. The Labute approximate surface area is 156 Å². The summed E-state index contributed by atoms with van der Waals surface area (Å²) in [6.45, 7) is 3.33. The van der Waals surface area contributed by atoms with E-state index in [0.29, 0.717) is 6.42 Å². The maximum Gasteiger partial charge on any atom is 0.475 e. The van der Waals surface area contributed by atoms with Gasteiger partial charge in [-0.3, -0.25) is 9.59 Å². The van der Waals surface area contributed by atoms with E-state index in [9.17, 15) is 24.0 Å². The molecule has 0 radical (unpaired) electrons. The Kier molecular flexibility index (Phi) is 8.34. The van der Waals surface area contributed by atoms with Crippen molar-refractivity contribution in [3.05, 3.63) is 32.5 Å². The predicted molar refractivity (Wildman–Crippen MR) is 95.7 cm³/mol. The highest BCUT2D eigenvalue weighted by Gasteiger charge is 2.26. The van der Waals surface area contributed by atoms with Gasteiger partial charge in [0.1, 0.15) is 0 Å². The van der Waals surface area contributed by atoms with Crippen LogP contribution in [0.1, 0.15) is 30.6 Å². The van der Waals surface area contributed by atoms with E-state index < -0.39 is 37.2 Å². The van der Waals surface area contributed by atoms with Gasteiger partial charge in [-0.25, -0.2) is 4.39 Å². The molecule has 1 aromatic carbocycles. The van der Waals surface area contributed by atoms with Crippen LogP contribution in [0.5, 0.6) is 0 Å². The van der Waals surface area contributed by atoms with Crippen LogP contribution in [0.25, 0.3) is 0 Å². The lowest BCUT2D eigenvalue weighted by Crippen LogP contribution is -2.50. The Hall–Kier alpha value is -0.965. The van der Waals surface area contributed by atoms with E-state index >= 15 is 0 Å². The average molecular weight is 468 g/mol. The Morgan fingerprint density at radius 1 is 1.25 bits per heavy atom. The third-order valence-corrected chi connectivity index (χ3v) is 4.39. The fraction of sp³-hybridized carbons (Fsp3) is 0.429. The predicted octanol–water partition coefficient (Wildman–Crippen LogP) is 1.62. The monoisotopic (exact) mass is 466 g/mol. The first-order valence-corrected chi connectivity index (χ1v) is 8.79. The molecule has 0 fully saturated rings. The SMILES string of the molecule is CC(C)C[C@H](NC(=O)CNC(=O)c1c(Br)ccc(Br)c1F)B(O)O. The van der Waals surface area contributed by atoms with Crippen LogP contribution in [-0.4, -0.2) is 41.5 Å². The molecular formula is C14H18BBr2FN2O4. The molecule has 0 spiro atoms. The third-order valence-electron chi connectivity index (χ3n) is 3.11.